The summed E-state index contributed by atoms with van der Waals surface area (Å²) in [7, 11) is 0.0486. The Hall–Kier alpha value is -0.630. The van der Waals surface area contributed by atoms with E-state index in [9.17, 15) is 4.57 Å². The zero-order valence-electron chi connectivity index (χ0n) is 9.06. The zero-order valence-corrected chi connectivity index (χ0v) is 9.95. The molecule has 0 aliphatic heterocycles. The number of benzene rings is 1. The van der Waals surface area contributed by atoms with E-state index >= 15 is 0 Å². The lowest BCUT2D eigenvalue weighted by Crippen LogP contribution is -1.82. The minimum Gasteiger partial charge on any atom is -0.312 e. The van der Waals surface area contributed by atoms with Crippen LogP contribution in [-0.4, -0.2) is 20.9 Å². The van der Waals surface area contributed by atoms with E-state index in [1.54, 1.807) is 0 Å². The molecule has 0 aromatic heterocycles. The summed E-state index contributed by atoms with van der Waals surface area (Å²) in [4.78, 5) is 0. The van der Waals surface area contributed by atoms with E-state index < -0.39 is 7.60 Å². The molecule has 4 heteroatoms. The van der Waals surface area contributed by atoms with Crippen LogP contribution >= 0.6 is 7.60 Å². The maximum Gasteiger partial charge on any atom is 0.327 e. The minimum atomic E-state index is -2.65. The third-order valence-corrected chi connectivity index (χ3v) is 2.93. The van der Waals surface area contributed by atoms with Gasteiger partial charge in [0, 0.05) is 20.9 Å². The lowest BCUT2D eigenvalue weighted by Gasteiger charge is -2.04. The molecule has 14 heavy (non-hydrogen) atoms. The van der Waals surface area contributed by atoms with Gasteiger partial charge in [-0.2, -0.15) is 0 Å². The Morgan fingerprint density at radius 3 is 1.64 bits per heavy atom. The van der Waals surface area contributed by atoms with Crippen LogP contribution in [0.3, 0.4) is 0 Å². The molecule has 1 rings (SSSR count). The molecule has 0 amide bonds. The average molecular weight is 216 g/mol. The van der Waals surface area contributed by atoms with Crippen LogP contribution in [0, 0.1) is 6.92 Å². The molecule has 0 spiro atoms. The van der Waals surface area contributed by atoms with Gasteiger partial charge in [-0.1, -0.05) is 35.9 Å². The van der Waals surface area contributed by atoms with Crippen LogP contribution in [0.2, 0.25) is 0 Å². The fourth-order valence-electron chi connectivity index (χ4n) is 0.609. The van der Waals surface area contributed by atoms with E-state index in [4.69, 9.17) is 0 Å². The van der Waals surface area contributed by atoms with Crippen LogP contribution in [0.15, 0.2) is 30.3 Å². The lowest BCUT2D eigenvalue weighted by molar-refractivity contribution is 0.282. The highest BCUT2D eigenvalue weighted by Crippen LogP contribution is 2.40. The third-order valence-electron chi connectivity index (χ3n) is 1.60. The highest BCUT2D eigenvalue weighted by molar-refractivity contribution is 7.52. The SMILES string of the molecule is COP(C)(=O)OC.Cc1ccccc1. The molecular formula is C10H17O3P. The van der Waals surface area contributed by atoms with E-state index in [1.807, 2.05) is 18.2 Å². The molecule has 0 aliphatic carbocycles. The van der Waals surface area contributed by atoms with Gasteiger partial charge < -0.3 is 9.05 Å². The molecule has 0 radical (unpaired) electrons. The molecule has 0 heterocycles. The van der Waals surface area contributed by atoms with Crippen LogP contribution in [0.4, 0.5) is 0 Å². The van der Waals surface area contributed by atoms with Gasteiger partial charge in [-0.3, -0.25) is 4.57 Å². The van der Waals surface area contributed by atoms with Crippen molar-refractivity contribution in [1.82, 2.24) is 0 Å². The minimum absolute atomic E-state index is 1.32. The number of hydrogen-bond donors (Lipinski definition) is 0. The summed E-state index contributed by atoms with van der Waals surface area (Å²) in [6.45, 7) is 3.49. The summed E-state index contributed by atoms with van der Waals surface area (Å²) in [5, 5.41) is 0. The van der Waals surface area contributed by atoms with E-state index in [2.05, 4.69) is 28.1 Å². The fourth-order valence-corrected chi connectivity index (χ4v) is 0.758. The largest absolute Gasteiger partial charge is 0.327 e. The summed E-state index contributed by atoms with van der Waals surface area (Å²) in [5.41, 5.74) is 1.32. The first-order valence-corrected chi connectivity index (χ1v) is 6.21. The van der Waals surface area contributed by atoms with Gasteiger partial charge in [-0.25, -0.2) is 0 Å². The molecule has 0 saturated heterocycles. The van der Waals surface area contributed by atoms with Crippen molar-refractivity contribution in [2.45, 2.75) is 6.92 Å². The van der Waals surface area contributed by atoms with Crippen LogP contribution in [0.1, 0.15) is 5.56 Å². The smallest absolute Gasteiger partial charge is 0.312 e. The molecule has 0 saturated carbocycles. The molecule has 0 atom stereocenters. The Kier molecular flexibility index (Phi) is 6.46. The summed E-state index contributed by atoms with van der Waals surface area (Å²) < 4.78 is 19.3. The molecule has 80 valence electrons. The second-order valence-corrected chi connectivity index (χ2v) is 5.06. The van der Waals surface area contributed by atoms with Crippen molar-refractivity contribution in [2.75, 3.05) is 20.9 Å². The van der Waals surface area contributed by atoms with Gasteiger partial charge in [0.2, 0.25) is 0 Å². The third kappa shape index (κ3) is 6.84. The predicted octanol–water partition coefficient (Wildman–Crippen LogP) is 3.10. The van der Waals surface area contributed by atoms with Crippen LogP contribution in [-0.2, 0) is 13.6 Å². The van der Waals surface area contributed by atoms with Gasteiger partial charge in [0.15, 0.2) is 0 Å². The highest BCUT2D eigenvalue weighted by atomic mass is 31.2. The fraction of sp³-hybridized carbons (Fsp3) is 0.400. The first-order chi connectivity index (χ1) is 6.52. The first-order valence-electron chi connectivity index (χ1n) is 4.22. The van der Waals surface area contributed by atoms with Crippen molar-refractivity contribution in [3.05, 3.63) is 35.9 Å². The normalized spacial score (nSPS) is 10.3. The molecule has 0 unspecified atom stereocenters. The number of rotatable bonds is 2. The van der Waals surface area contributed by atoms with Crippen molar-refractivity contribution in [3.63, 3.8) is 0 Å². The number of hydrogen-bond acceptors (Lipinski definition) is 3. The van der Waals surface area contributed by atoms with Gasteiger partial charge in [0.25, 0.3) is 0 Å². The Morgan fingerprint density at radius 2 is 1.50 bits per heavy atom. The van der Waals surface area contributed by atoms with Crippen molar-refractivity contribution in [1.29, 1.82) is 0 Å². The second kappa shape index (κ2) is 6.77. The summed E-state index contributed by atoms with van der Waals surface area (Å²) >= 11 is 0. The average Bonchev–Trinajstić information content (AvgIpc) is 2.20. The van der Waals surface area contributed by atoms with Crippen LogP contribution in [0.25, 0.3) is 0 Å². The molecule has 3 nitrogen and oxygen atoms in total. The second-order valence-electron chi connectivity index (χ2n) is 2.79. The summed E-state index contributed by atoms with van der Waals surface area (Å²) in [5.74, 6) is 0. The van der Waals surface area contributed by atoms with Crippen LogP contribution in [0.5, 0.6) is 0 Å². The topological polar surface area (TPSA) is 35.5 Å². The van der Waals surface area contributed by atoms with E-state index in [0.717, 1.165) is 0 Å². The monoisotopic (exact) mass is 216 g/mol. The quantitative estimate of drug-likeness (QED) is 0.712. The van der Waals surface area contributed by atoms with E-state index in [0.29, 0.717) is 0 Å². The van der Waals surface area contributed by atoms with E-state index in [1.165, 1.54) is 26.4 Å². The summed E-state index contributed by atoms with van der Waals surface area (Å²) in [6, 6.07) is 10.3. The van der Waals surface area contributed by atoms with Crippen molar-refractivity contribution in [2.24, 2.45) is 0 Å². The van der Waals surface area contributed by atoms with Crippen molar-refractivity contribution >= 4 is 7.60 Å². The Labute approximate surface area is 85.6 Å². The van der Waals surface area contributed by atoms with Gasteiger partial charge in [0.05, 0.1) is 0 Å². The van der Waals surface area contributed by atoms with Crippen LogP contribution < -0.4 is 0 Å². The first kappa shape index (κ1) is 13.4. The molecular weight excluding hydrogens is 199 g/mol. The Morgan fingerprint density at radius 1 is 1.07 bits per heavy atom. The Bertz CT molecular complexity index is 277. The predicted molar refractivity (Wildman–Crippen MR) is 58.7 cm³/mol. The summed E-state index contributed by atoms with van der Waals surface area (Å²) in [6.07, 6.45) is 0. The lowest BCUT2D eigenvalue weighted by atomic mass is 10.2. The molecule has 0 N–H and O–H groups in total. The van der Waals surface area contributed by atoms with Gasteiger partial charge in [-0.15, -0.1) is 0 Å². The zero-order chi connectivity index (χ0) is 11.0. The van der Waals surface area contributed by atoms with Gasteiger partial charge >= 0.3 is 7.60 Å². The van der Waals surface area contributed by atoms with Gasteiger partial charge in [0.1, 0.15) is 0 Å². The van der Waals surface area contributed by atoms with Gasteiger partial charge in [-0.05, 0) is 6.92 Å². The van der Waals surface area contributed by atoms with Crippen molar-refractivity contribution < 1.29 is 13.6 Å². The standard InChI is InChI=1S/C7H8.C3H9O3P/c1-7-5-3-2-4-6-7;1-5-7(3,4)6-2/h2-6H,1H3;1-3H3. The molecule has 1 aromatic rings. The Balaban J connectivity index is 0.000000241. The maximum absolute atomic E-state index is 10.5. The molecule has 0 fully saturated rings. The maximum atomic E-state index is 10.5. The van der Waals surface area contributed by atoms with E-state index in [-0.39, 0.29) is 0 Å². The van der Waals surface area contributed by atoms with Crippen molar-refractivity contribution in [3.8, 4) is 0 Å². The molecule has 0 bridgehead atoms. The highest BCUT2D eigenvalue weighted by Gasteiger charge is 2.08. The molecule has 0 aliphatic rings. The number of aryl methyl sites for hydroxylation is 1. The molecule has 1 aromatic carbocycles.